The molecule has 2 aliphatic rings. The Balaban J connectivity index is 1.58. The van der Waals surface area contributed by atoms with Gasteiger partial charge in [-0.1, -0.05) is 17.7 Å². The number of hydrogen-bond donors (Lipinski definition) is 2. The summed E-state index contributed by atoms with van der Waals surface area (Å²) in [5.74, 6) is 0.893. The van der Waals surface area contributed by atoms with Crippen LogP contribution in [0.15, 0.2) is 23.3 Å². The second-order valence-electron chi connectivity index (χ2n) is 7.39. The number of halogens is 1. The number of nitrogens with zero attached hydrogens (tertiary/aromatic N) is 3. The molecule has 3 heterocycles. The van der Waals surface area contributed by atoms with Gasteiger partial charge in [0, 0.05) is 38.0 Å². The van der Waals surface area contributed by atoms with Gasteiger partial charge in [-0.25, -0.2) is 4.98 Å². The van der Waals surface area contributed by atoms with E-state index in [9.17, 15) is 0 Å². The Morgan fingerprint density at radius 2 is 2.04 bits per heavy atom. The second-order valence-corrected chi connectivity index (χ2v) is 7.78. The van der Waals surface area contributed by atoms with Crippen molar-refractivity contribution >= 4 is 17.6 Å². The number of hydrogen-bond acceptors (Lipinski definition) is 4. The van der Waals surface area contributed by atoms with Gasteiger partial charge in [0.15, 0.2) is 5.96 Å². The highest BCUT2D eigenvalue weighted by Gasteiger charge is 2.39. The normalized spacial score (nSPS) is 20.6. The molecule has 0 saturated carbocycles. The van der Waals surface area contributed by atoms with Crippen LogP contribution in [0.5, 0.6) is 0 Å². The minimum absolute atomic E-state index is 0.164. The highest BCUT2D eigenvalue weighted by molar-refractivity contribution is 6.29. The van der Waals surface area contributed by atoms with Crippen molar-refractivity contribution in [1.29, 1.82) is 0 Å². The average molecular weight is 394 g/mol. The zero-order chi connectivity index (χ0) is 19.0. The van der Waals surface area contributed by atoms with E-state index in [2.05, 4.69) is 27.4 Å². The van der Waals surface area contributed by atoms with Crippen LogP contribution in [0.2, 0.25) is 5.15 Å². The van der Waals surface area contributed by atoms with E-state index in [0.717, 1.165) is 58.1 Å². The maximum Gasteiger partial charge on any atom is 0.191 e. The largest absolute Gasteiger partial charge is 0.381 e. The zero-order valence-corrected chi connectivity index (χ0v) is 17.1. The second kappa shape index (κ2) is 10.2. The van der Waals surface area contributed by atoms with Gasteiger partial charge in [0.2, 0.25) is 0 Å². The predicted molar refractivity (Wildman–Crippen MR) is 111 cm³/mol. The molecule has 0 radical (unpaired) electrons. The molecule has 2 N–H and O–H groups in total. The molecule has 2 aliphatic heterocycles. The van der Waals surface area contributed by atoms with E-state index in [0.29, 0.717) is 5.15 Å². The summed E-state index contributed by atoms with van der Waals surface area (Å²) in [5.41, 5.74) is 1.33. The van der Waals surface area contributed by atoms with Gasteiger partial charge in [0.05, 0.1) is 6.54 Å². The Morgan fingerprint density at radius 1 is 1.26 bits per heavy atom. The molecule has 7 heteroatoms. The lowest BCUT2D eigenvalue weighted by Gasteiger charge is -2.43. The Hall–Kier alpha value is -1.37. The van der Waals surface area contributed by atoms with Crippen molar-refractivity contribution in [2.24, 2.45) is 4.99 Å². The number of aliphatic imine (C=N–C) groups is 1. The lowest BCUT2D eigenvalue weighted by molar-refractivity contribution is -0.0139. The number of rotatable bonds is 7. The van der Waals surface area contributed by atoms with Gasteiger partial charge in [-0.15, -0.1) is 0 Å². The van der Waals surface area contributed by atoms with Gasteiger partial charge >= 0.3 is 0 Å². The Labute approximate surface area is 167 Å². The highest BCUT2D eigenvalue weighted by atomic mass is 35.5. The predicted octanol–water partition coefficient (Wildman–Crippen LogP) is 2.48. The van der Waals surface area contributed by atoms with Crippen LogP contribution in [0.3, 0.4) is 0 Å². The molecule has 0 unspecified atom stereocenters. The van der Waals surface area contributed by atoms with E-state index in [1.807, 2.05) is 18.3 Å². The number of guanidine groups is 1. The Bertz CT molecular complexity index is 595. The van der Waals surface area contributed by atoms with Crippen LogP contribution in [-0.4, -0.2) is 67.3 Å². The average Bonchev–Trinajstić information content (AvgIpc) is 3.24. The third kappa shape index (κ3) is 5.80. The molecule has 0 amide bonds. The Morgan fingerprint density at radius 3 is 2.70 bits per heavy atom. The first kappa shape index (κ1) is 20.4. The minimum Gasteiger partial charge on any atom is -0.381 e. The topological polar surface area (TPSA) is 61.8 Å². The summed E-state index contributed by atoms with van der Waals surface area (Å²) < 4.78 is 5.64. The molecule has 27 heavy (non-hydrogen) atoms. The van der Waals surface area contributed by atoms with Crippen LogP contribution in [0, 0.1) is 0 Å². The van der Waals surface area contributed by atoms with Crippen molar-refractivity contribution in [1.82, 2.24) is 20.5 Å². The van der Waals surface area contributed by atoms with Gasteiger partial charge in [0.1, 0.15) is 5.15 Å². The fourth-order valence-electron chi connectivity index (χ4n) is 3.96. The summed E-state index contributed by atoms with van der Waals surface area (Å²) in [6, 6.07) is 3.85. The van der Waals surface area contributed by atoms with E-state index in [-0.39, 0.29) is 5.54 Å². The molecule has 1 aromatic heterocycles. The fourth-order valence-corrected chi connectivity index (χ4v) is 4.08. The first-order chi connectivity index (χ1) is 13.2. The SMILES string of the molecule is CCNC(=NCC1(N2CCCC2)CCOCC1)NCCc1ccc(Cl)nc1. The van der Waals surface area contributed by atoms with Gasteiger partial charge in [0.25, 0.3) is 0 Å². The van der Waals surface area contributed by atoms with Gasteiger partial charge in [-0.3, -0.25) is 9.89 Å². The first-order valence-corrected chi connectivity index (χ1v) is 10.5. The lowest BCUT2D eigenvalue weighted by Crippen LogP contribution is -2.54. The molecule has 0 bridgehead atoms. The summed E-state index contributed by atoms with van der Waals surface area (Å²) in [7, 11) is 0. The maximum atomic E-state index is 5.85. The van der Waals surface area contributed by atoms with Gasteiger partial charge in [-0.2, -0.15) is 0 Å². The van der Waals surface area contributed by atoms with E-state index < -0.39 is 0 Å². The third-order valence-corrected chi connectivity index (χ3v) is 5.79. The molecular formula is C20H32ClN5O. The molecule has 150 valence electrons. The molecule has 1 aromatic rings. The van der Waals surface area contributed by atoms with E-state index in [1.165, 1.54) is 31.5 Å². The van der Waals surface area contributed by atoms with Crippen LogP contribution in [0.25, 0.3) is 0 Å². The first-order valence-electron chi connectivity index (χ1n) is 10.2. The molecule has 2 fully saturated rings. The van der Waals surface area contributed by atoms with Crippen molar-refractivity contribution < 1.29 is 4.74 Å². The van der Waals surface area contributed by atoms with E-state index >= 15 is 0 Å². The summed E-state index contributed by atoms with van der Waals surface area (Å²) >= 11 is 5.85. The number of ether oxygens (including phenoxy) is 1. The molecule has 0 atom stereocenters. The summed E-state index contributed by atoms with van der Waals surface area (Å²) in [5, 5.41) is 7.37. The van der Waals surface area contributed by atoms with Crippen LogP contribution < -0.4 is 10.6 Å². The molecule has 0 aliphatic carbocycles. The van der Waals surface area contributed by atoms with E-state index in [1.54, 1.807) is 0 Å². The zero-order valence-electron chi connectivity index (χ0n) is 16.3. The smallest absolute Gasteiger partial charge is 0.191 e. The van der Waals surface area contributed by atoms with Crippen molar-refractivity contribution in [3.8, 4) is 0 Å². The van der Waals surface area contributed by atoms with Crippen molar-refractivity contribution in [2.75, 3.05) is 45.9 Å². The van der Waals surface area contributed by atoms with Gasteiger partial charge in [-0.05, 0) is 63.7 Å². The highest BCUT2D eigenvalue weighted by Crippen LogP contribution is 2.31. The fraction of sp³-hybridized carbons (Fsp3) is 0.700. The third-order valence-electron chi connectivity index (χ3n) is 5.57. The summed E-state index contributed by atoms with van der Waals surface area (Å²) in [6.07, 6.45) is 7.48. The van der Waals surface area contributed by atoms with Crippen molar-refractivity contribution in [3.05, 3.63) is 29.0 Å². The van der Waals surface area contributed by atoms with Crippen LogP contribution in [0.1, 0.15) is 38.2 Å². The standard InChI is InChI=1S/C20H32ClN5O/c1-2-22-19(23-10-7-17-5-6-18(21)24-15-17)25-16-20(8-13-27-14-9-20)26-11-3-4-12-26/h5-6,15H,2-4,7-14,16H2,1H3,(H2,22,23,25). The van der Waals surface area contributed by atoms with Crippen molar-refractivity contribution in [3.63, 3.8) is 0 Å². The maximum absolute atomic E-state index is 5.85. The molecule has 3 rings (SSSR count). The van der Waals surface area contributed by atoms with Crippen LogP contribution in [0.4, 0.5) is 0 Å². The van der Waals surface area contributed by atoms with Crippen molar-refractivity contribution in [2.45, 2.75) is 44.6 Å². The molecule has 2 saturated heterocycles. The number of aromatic nitrogens is 1. The Kier molecular flexibility index (Phi) is 7.73. The number of likely N-dealkylation sites (tertiary alicyclic amines) is 1. The van der Waals surface area contributed by atoms with Gasteiger partial charge < -0.3 is 15.4 Å². The summed E-state index contributed by atoms with van der Waals surface area (Å²) in [4.78, 5) is 11.8. The molecular weight excluding hydrogens is 362 g/mol. The minimum atomic E-state index is 0.164. The summed E-state index contributed by atoms with van der Waals surface area (Å²) in [6.45, 7) is 8.69. The quantitative estimate of drug-likeness (QED) is 0.423. The monoisotopic (exact) mass is 393 g/mol. The van der Waals surface area contributed by atoms with Crippen LogP contribution in [-0.2, 0) is 11.2 Å². The van der Waals surface area contributed by atoms with E-state index in [4.69, 9.17) is 21.3 Å². The molecule has 0 spiro atoms. The lowest BCUT2D eigenvalue weighted by atomic mass is 9.88. The number of nitrogens with one attached hydrogen (secondary N) is 2. The number of pyridine rings is 1. The van der Waals surface area contributed by atoms with Crippen LogP contribution >= 0.6 is 11.6 Å². The molecule has 0 aromatic carbocycles. The molecule has 6 nitrogen and oxygen atoms in total.